The van der Waals surface area contributed by atoms with Gasteiger partial charge in [-0.3, -0.25) is 0 Å². The van der Waals surface area contributed by atoms with E-state index >= 15 is 0 Å². The van der Waals surface area contributed by atoms with Crippen LogP contribution in [0.5, 0.6) is 0 Å². The number of hydrogen-bond donors (Lipinski definition) is 1. The van der Waals surface area contributed by atoms with Gasteiger partial charge in [0.25, 0.3) is 0 Å². The van der Waals surface area contributed by atoms with E-state index in [0.717, 1.165) is 12.1 Å². The molecular formula is C17H17Cl2N. The largest absolute Gasteiger partial charge is 0.377 e. The summed E-state index contributed by atoms with van der Waals surface area (Å²) in [7, 11) is 0. The van der Waals surface area contributed by atoms with Crippen LogP contribution >= 0.6 is 23.2 Å². The van der Waals surface area contributed by atoms with Crippen LogP contribution in [0.3, 0.4) is 0 Å². The van der Waals surface area contributed by atoms with Crippen LogP contribution in [0.2, 0.25) is 10.0 Å². The summed E-state index contributed by atoms with van der Waals surface area (Å²) in [5, 5.41) is 4.97. The molecule has 2 unspecified atom stereocenters. The Labute approximate surface area is 129 Å². The van der Waals surface area contributed by atoms with Crippen molar-refractivity contribution in [2.45, 2.75) is 31.7 Å². The highest BCUT2D eigenvalue weighted by Crippen LogP contribution is 2.40. The van der Waals surface area contributed by atoms with Crippen molar-refractivity contribution in [2.75, 3.05) is 5.32 Å². The van der Waals surface area contributed by atoms with E-state index in [0.29, 0.717) is 22.0 Å². The summed E-state index contributed by atoms with van der Waals surface area (Å²) in [5.74, 6) is 0.624. The van der Waals surface area contributed by atoms with Crippen molar-refractivity contribution in [3.63, 3.8) is 0 Å². The highest BCUT2D eigenvalue weighted by molar-refractivity contribution is 6.35. The van der Waals surface area contributed by atoms with Gasteiger partial charge < -0.3 is 5.32 Å². The van der Waals surface area contributed by atoms with Gasteiger partial charge in [0.2, 0.25) is 0 Å². The Morgan fingerprint density at radius 1 is 1.00 bits per heavy atom. The van der Waals surface area contributed by atoms with Gasteiger partial charge in [-0.25, -0.2) is 0 Å². The average molecular weight is 306 g/mol. The standard InChI is InChI=1S/C17H17Cl2N/c1-11-6-9-16(14-5-3-2-4-13(11)14)20-17-10-12(18)7-8-15(17)19/h2-5,7-8,10-11,16,20H,6,9H2,1H3. The van der Waals surface area contributed by atoms with Crippen LogP contribution in [0.1, 0.15) is 42.9 Å². The number of fused-ring (bicyclic) bond motifs is 1. The predicted molar refractivity (Wildman–Crippen MR) is 86.9 cm³/mol. The first-order valence-electron chi connectivity index (χ1n) is 6.95. The third-order valence-corrected chi connectivity index (χ3v) is 4.61. The van der Waals surface area contributed by atoms with Crippen LogP contribution in [0.15, 0.2) is 42.5 Å². The van der Waals surface area contributed by atoms with E-state index < -0.39 is 0 Å². The quantitative estimate of drug-likeness (QED) is 0.712. The van der Waals surface area contributed by atoms with Crippen molar-refractivity contribution in [3.05, 3.63) is 63.6 Å². The molecule has 1 aliphatic carbocycles. The average Bonchev–Trinajstić information content (AvgIpc) is 2.46. The molecule has 1 aliphatic rings. The summed E-state index contributed by atoms with van der Waals surface area (Å²) in [5.41, 5.74) is 3.73. The molecule has 2 atom stereocenters. The molecule has 0 radical (unpaired) electrons. The van der Waals surface area contributed by atoms with Gasteiger partial charge >= 0.3 is 0 Å². The molecule has 3 rings (SSSR count). The van der Waals surface area contributed by atoms with Crippen molar-refractivity contribution in [2.24, 2.45) is 0 Å². The van der Waals surface area contributed by atoms with Crippen LogP contribution in [0.25, 0.3) is 0 Å². The minimum absolute atomic E-state index is 0.304. The van der Waals surface area contributed by atoms with Gasteiger partial charge in [0.15, 0.2) is 0 Å². The first-order valence-corrected chi connectivity index (χ1v) is 7.71. The van der Waals surface area contributed by atoms with Crippen LogP contribution in [0.4, 0.5) is 5.69 Å². The highest BCUT2D eigenvalue weighted by Gasteiger charge is 2.24. The summed E-state index contributed by atoms with van der Waals surface area (Å²) < 4.78 is 0. The molecule has 3 heteroatoms. The van der Waals surface area contributed by atoms with E-state index in [-0.39, 0.29) is 0 Å². The molecule has 0 aliphatic heterocycles. The lowest BCUT2D eigenvalue weighted by Gasteiger charge is -2.31. The van der Waals surface area contributed by atoms with E-state index in [9.17, 15) is 0 Å². The van der Waals surface area contributed by atoms with E-state index in [1.165, 1.54) is 17.5 Å². The number of hydrogen-bond acceptors (Lipinski definition) is 1. The fourth-order valence-electron chi connectivity index (χ4n) is 2.95. The molecule has 104 valence electrons. The van der Waals surface area contributed by atoms with Crippen LogP contribution in [-0.4, -0.2) is 0 Å². The van der Waals surface area contributed by atoms with Crippen molar-refractivity contribution in [1.82, 2.24) is 0 Å². The van der Waals surface area contributed by atoms with E-state index in [4.69, 9.17) is 23.2 Å². The number of nitrogens with one attached hydrogen (secondary N) is 1. The maximum Gasteiger partial charge on any atom is 0.0638 e. The van der Waals surface area contributed by atoms with Crippen molar-refractivity contribution >= 4 is 28.9 Å². The van der Waals surface area contributed by atoms with Gasteiger partial charge in [-0.15, -0.1) is 0 Å². The molecule has 2 aromatic rings. The van der Waals surface area contributed by atoms with Crippen molar-refractivity contribution < 1.29 is 0 Å². The third-order valence-electron chi connectivity index (χ3n) is 4.05. The maximum atomic E-state index is 6.25. The molecule has 1 nitrogen and oxygen atoms in total. The lowest BCUT2D eigenvalue weighted by atomic mass is 9.81. The topological polar surface area (TPSA) is 12.0 Å². The molecule has 0 heterocycles. The van der Waals surface area contributed by atoms with Crippen molar-refractivity contribution in [3.8, 4) is 0 Å². The lowest BCUT2D eigenvalue weighted by molar-refractivity contribution is 0.535. The Bertz CT molecular complexity index is 624. The predicted octanol–water partition coefficient (Wildman–Crippen LogP) is 6.04. The molecule has 0 amide bonds. The second kappa shape index (κ2) is 5.67. The summed E-state index contributed by atoms with van der Waals surface area (Å²) >= 11 is 12.3. The van der Waals surface area contributed by atoms with Gasteiger partial charge in [-0.1, -0.05) is 54.4 Å². The third kappa shape index (κ3) is 2.65. The smallest absolute Gasteiger partial charge is 0.0638 e. The van der Waals surface area contributed by atoms with Gasteiger partial charge in [0.1, 0.15) is 0 Å². The molecule has 1 N–H and O–H groups in total. The van der Waals surface area contributed by atoms with Crippen LogP contribution in [-0.2, 0) is 0 Å². The Morgan fingerprint density at radius 2 is 1.75 bits per heavy atom. The molecule has 20 heavy (non-hydrogen) atoms. The highest BCUT2D eigenvalue weighted by atomic mass is 35.5. The molecule has 0 saturated carbocycles. The number of halogens is 2. The molecule has 0 aromatic heterocycles. The summed E-state index contributed by atoms with van der Waals surface area (Å²) in [6, 6.07) is 14.5. The van der Waals surface area contributed by atoms with Crippen molar-refractivity contribution in [1.29, 1.82) is 0 Å². The molecule has 0 spiro atoms. The van der Waals surface area contributed by atoms with Gasteiger partial charge in [-0.2, -0.15) is 0 Å². The van der Waals surface area contributed by atoms with Gasteiger partial charge in [-0.05, 0) is 48.1 Å². The molecule has 0 fully saturated rings. The molecule has 2 aromatic carbocycles. The fourth-order valence-corrected chi connectivity index (χ4v) is 3.29. The second-order valence-corrected chi connectivity index (χ2v) is 6.27. The summed E-state index contributed by atoms with van der Waals surface area (Å²) in [6.45, 7) is 2.29. The zero-order valence-electron chi connectivity index (χ0n) is 11.4. The number of rotatable bonds is 2. The monoisotopic (exact) mass is 305 g/mol. The first-order chi connectivity index (χ1) is 9.65. The fraction of sp³-hybridized carbons (Fsp3) is 0.294. The minimum Gasteiger partial charge on any atom is -0.377 e. The Balaban J connectivity index is 1.92. The van der Waals surface area contributed by atoms with Crippen LogP contribution in [0, 0.1) is 0 Å². The number of anilines is 1. The zero-order valence-corrected chi connectivity index (χ0v) is 12.9. The zero-order chi connectivity index (χ0) is 14.1. The number of benzene rings is 2. The second-order valence-electron chi connectivity index (χ2n) is 5.43. The lowest BCUT2D eigenvalue weighted by Crippen LogP contribution is -2.19. The molecule has 0 bridgehead atoms. The van der Waals surface area contributed by atoms with E-state index in [1.54, 1.807) is 0 Å². The molecule has 0 saturated heterocycles. The molecular weight excluding hydrogens is 289 g/mol. The maximum absolute atomic E-state index is 6.25. The first kappa shape index (κ1) is 13.8. The van der Waals surface area contributed by atoms with E-state index in [1.807, 2.05) is 18.2 Å². The summed E-state index contributed by atoms with van der Waals surface area (Å²) in [4.78, 5) is 0. The van der Waals surface area contributed by atoms with Gasteiger partial charge in [0.05, 0.1) is 16.8 Å². The Hall–Kier alpha value is -1.18. The van der Waals surface area contributed by atoms with Gasteiger partial charge in [0, 0.05) is 5.02 Å². The van der Waals surface area contributed by atoms with E-state index in [2.05, 4.69) is 36.5 Å². The SMILES string of the molecule is CC1CCC(Nc2cc(Cl)ccc2Cl)c2ccccc21. The van der Waals surface area contributed by atoms with Crippen LogP contribution < -0.4 is 5.32 Å². The normalized spacial score (nSPS) is 21.4. The Kier molecular flexibility index (Phi) is 3.91. The Morgan fingerprint density at radius 3 is 2.55 bits per heavy atom. The summed E-state index contributed by atoms with van der Waals surface area (Å²) in [6.07, 6.45) is 2.30. The minimum atomic E-state index is 0.304.